The van der Waals surface area contributed by atoms with Gasteiger partial charge in [0.25, 0.3) is 0 Å². The zero-order chi connectivity index (χ0) is 14.8. The lowest BCUT2D eigenvalue weighted by Gasteiger charge is -2.37. The molecule has 1 aliphatic carbocycles. The van der Waals surface area contributed by atoms with E-state index >= 15 is 0 Å². The largest absolute Gasteiger partial charge is 0.319 e. The van der Waals surface area contributed by atoms with Gasteiger partial charge in [0.15, 0.2) is 0 Å². The van der Waals surface area contributed by atoms with E-state index in [1.54, 1.807) is 0 Å². The molecule has 21 heavy (non-hydrogen) atoms. The van der Waals surface area contributed by atoms with E-state index in [4.69, 9.17) is 0 Å². The Kier molecular flexibility index (Phi) is 4.29. The highest BCUT2D eigenvalue weighted by Gasteiger charge is 2.38. The highest BCUT2D eigenvalue weighted by atomic mass is 16.2. The van der Waals surface area contributed by atoms with Crippen LogP contribution in [0.25, 0.3) is 0 Å². The van der Waals surface area contributed by atoms with Crippen molar-refractivity contribution in [2.75, 3.05) is 6.54 Å². The highest BCUT2D eigenvalue weighted by Crippen LogP contribution is 2.34. The summed E-state index contributed by atoms with van der Waals surface area (Å²) in [6, 6.07) is 8.73. The molecule has 1 saturated carbocycles. The SMILES string of the molecule is Cc1ccccc1C1NCC(=O)N1C(C)C1CCCCC1. The molecule has 1 heterocycles. The molecule has 0 bridgehead atoms. The van der Waals surface area contributed by atoms with E-state index in [2.05, 4.69) is 48.3 Å². The fraction of sp³-hybridized carbons (Fsp3) is 0.611. The van der Waals surface area contributed by atoms with Crippen molar-refractivity contribution >= 4 is 5.91 Å². The van der Waals surface area contributed by atoms with Crippen molar-refractivity contribution in [1.82, 2.24) is 10.2 Å². The van der Waals surface area contributed by atoms with E-state index in [0.29, 0.717) is 18.5 Å². The average Bonchev–Trinajstić information content (AvgIpc) is 2.89. The summed E-state index contributed by atoms with van der Waals surface area (Å²) in [5.74, 6) is 0.912. The van der Waals surface area contributed by atoms with Crippen LogP contribution < -0.4 is 5.32 Å². The van der Waals surface area contributed by atoms with Crippen molar-refractivity contribution in [2.24, 2.45) is 5.92 Å². The minimum absolute atomic E-state index is 0.0515. The van der Waals surface area contributed by atoms with Crippen molar-refractivity contribution in [3.05, 3.63) is 35.4 Å². The Labute approximate surface area is 127 Å². The van der Waals surface area contributed by atoms with Gasteiger partial charge in [-0.15, -0.1) is 0 Å². The van der Waals surface area contributed by atoms with E-state index in [1.165, 1.54) is 43.2 Å². The maximum absolute atomic E-state index is 12.4. The van der Waals surface area contributed by atoms with Gasteiger partial charge in [0.2, 0.25) is 5.91 Å². The first-order valence-corrected chi connectivity index (χ1v) is 8.28. The average molecular weight is 286 g/mol. The minimum atomic E-state index is 0.0515. The Morgan fingerprint density at radius 1 is 1.19 bits per heavy atom. The van der Waals surface area contributed by atoms with Crippen LogP contribution in [0, 0.1) is 12.8 Å². The monoisotopic (exact) mass is 286 g/mol. The normalized spacial score (nSPS) is 25.3. The maximum Gasteiger partial charge on any atom is 0.238 e. The second-order valence-corrected chi connectivity index (χ2v) is 6.58. The number of amides is 1. The number of benzene rings is 1. The fourth-order valence-electron chi connectivity index (χ4n) is 3.98. The number of aryl methyl sites for hydroxylation is 1. The van der Waals surface area contributed by atoms with Crippen LogP contribution in [0.15, 0.2) is 24.3 Å². The molecular weight excluding hydrogens is 260 g/mol. The number of hydrogen-bond donors (Lipinski definition) is 1. The Morgan fingerprint density at radius 2 is 1.90 bits per heavy atom. The molecule has 3 rings (SSSR count). The second-order valence-electron chi connectivity index (χ2n) is 6.58. The first kappa shape index (κ1) is 14.6. The third-order valence-corrected chi connectivity index (χ3v) is 5.27. The summed E-state index contributed by atoms with van der Waals surface area (Å²) in [7, 11) is 0. The number of rotatable bonds is 3. The van der Waals surface area contributed by atoms with Gasteiger partial charge in [-0.3, -0.25) is 10.1 Å². The summed E-state index contributed by atoms with van der Waals surface area (Å²) in [5.41, 5.74) is 2.50. The molecule has 1 aromatic rings. The molecule has 1 saturated heterocycles. The van der Waals surface area contributed by atoms with E-state index < -0.39 is 0 Å². The van der Waals surface area contributed by atoms with E-state index in [9.17, 15) is 4.79 Å². The van der Waals surface area contributed by atoms with E-state index in [1.807, 2.05) is 0 Å². The lowest BCUT2D eigenvalue weighted by atomic mass is 9.83. The predicted molar refractivity (Wildman–Crippen MR) is 84.8 cm³/mol. The zero-order valence-corrected chi connectivity index (χ0v) is 13.1. The van der Waals surface area contributed by atoms with Gasteiger partial charge in [-0.05, 0) is 43.7 Å². The molecule has 0 spiro atoms. The minimum Gasteiger partial charge on any atom is -0.319 e. The van der Waals surface area contributed by atoms with E-state index in [-0.39, 0.29) is 12.1 Å². The van der Waals surface area contributed by atoms with Crippen LogP contribution in [0.2, 0.25) is 0 Å². The summed E-state index contributed by atoms with van der Waals surface area (Å²) in [6.45, 7) is 4.84. The predicted octanol–water partition coefficient (Wildman–Crippen LogP) is 3.39. The maximum atomic E-state index is 12.4. The third kappa shape index (κ3) is 2.84. The number of hydrogen-bond acceptors (Lipinski definition) is 2. The molecule has 3 heteroatoms. The Bertz CT molecular complexity index is 508. The molecule has 114 valence electrons. The highest BCUT2D eigenvalue weighted by molar-refractivity contribution is 5.81. The molecule has 1 aromatic carbocycles. The molecule has 1 amide bonds. The van der Waals surface area contributed by atoms with Gasteiger partial charge in [-0.1, -0.05) is 43.5 Å². The summed E-state index contributed by atoms with van der Waals surface area (Å²) >= 11 is 0. The molecule has 0 radical (unpaired) electrons. The number of carbonyl (C=O) groups excluding carboxylic acids is 1. The third-order valence-electron chi connectivity index (χ3n) is 5.27. The van der Waals surface area contributed by atoms with Gasteiger partial charge in [-0.25, -0.2) is 0 Å². The quantitative estimate of drug-likeness (QED) is 0.923. The van der Waals surface area contributed by atoms with Crippen LogP contribution in [-0.4, -0.2) is 23.4 Å². The van der Waals surface area contributed by atoms with Gasteiger partial charge in [0.1, 0.15) is 6.17 Å². The summed E-state index contributed by atoms with van der Waals surface area (Å²) in [4.78, 5) is 14.5. The van der Waals surface area contributed by atoms with E-state index in [0.717, 1.165) is 0 Å². The van der Waals surface area contributed by atoms with Crippen LogP contribution in [0.5, 0.6) is 0 Å². The Balaban J connectivity index is 1.84. The topological polar surface area (TPSA) is 32.3 Å². The summed E-state index contributed by atoms with van der Waals surface area (Å²) in [5, 5.41) is 3.41. The van der Waals surface area contributed by atoms with Crippen LogP contribution >= 0.6 is 0 Å². The van der Waals surface area contributed by atoms with Crippen molar-refractivity contribution in [2.45, 2.75) is 58.2 Å². The zero-order valence-electron chi connectivity index (χ0n) is 13.1. The molecule has 2 aliphatic rings. The van der Waals surface area contributed by atoms with Gasteiger partial charge in [0.05, 0.1) is 6.54 Å². The molecule has 2 atom stereocenters. The number of nitrogens with one attached hydrogen (secondary N) is 1. The fourth-order valence-corrected chi connectivity index (χ4v) is 3.98. The van der Waals surface area contributed by atoms with Crippen LogP contribution in [0.4, 0.5) is 0 Å². The molecule has 0 aromatic heterocycles. The second kappa shape index (κ2) is 6.18. The van der Waals surface area contributed by atoms with Crippen molar-refractivity contribution in [3.8, 4) is 0 Å². The molecule has 2 fully saturated rings. The Morgan fingerprint density at radius 3 is 2.62 bits per heavy atom. The van der Waals surface area contributed by atoms with Crippen molar-refractivity contribution < 1.29 is 4.79 Å². The van der Waals surface area contributed by atoms with Crippen molar-refractivity contribution in [3.63, 3.8) is 0 Å². The van der Waals surface area contributed by atoms with Gasteiger partial charge < -0.3 is 4.90 Å². The van der Waals surface area contributed by atoms with Gasteiger partial charge in [-0.2, -0.15) is 0 Å². The summed E-state index contributed by atoms with van der Waals surface area (Å²) in [6.07, 6.45) is 6.59. The number of carbonyl (C=O) groups is 1. The van der Waals surface area contributed by atoms with Crippen LogP contribution in [-0.2, 0) is 4.79 Å². The molecule has 3 nitrogen and oxygen atoms in total. The first-order chi connectivity index (χ1) is 10.2. The van der Waals surface area contributed by atoms with Crippen LogP contribution in [0.1, 0.15) is 56.3 Å². The lowest BCUT2D eigenvalue weighted by Crippen LogP contribution is -2.43. The smallest absolute Gasteiger partial charge is 0.238 e. The first-order valence-electron chi connectivity index (χ1n) is 8.28. The molecule has 2 unspecified atom stereocenters. The molecular formula is C18H26N2O. The van der Waals surface area contributed by atoms with Gasteiger partial charge >= 0.3 is 0 Å². The Hall–Kier alpha value is -1.35. The summed E-state index contributed by atoms with van der Waals surface area (Å²) < 4.78 is 0. The van der Waals surface area contributed by atoms with Crippen LogP contribution in [0.3, 0.4) is 0 Å². The molecule has 1 N–H and O–H groups in total. The van der Waals surface area contributed by atoms with Crippen molar-refractivity contribution in [1.29, 1.82) is 0 Å². The molecule has 1 aliphatic heterocycles. The van der Waals surface area contributed by atoms with Gasteiger partial charge in [0, 0.05) is 6.04 Å². The standard InChI is InChI=1S/C18H26N2O/c1-13-8-6-7-11-16(13)18-19-12-17(21)20(18)14(2)15-9-4-3-5-10-15/h6-8,11,14-15,18-19H,3-5,9-10,12H2,1-2H3. The lowest BCUT2D eigenvalue weighted by molar-refractivity contribution is -0.131. The number of nitrogens with zero attached hydrogens (tertiary/aromatic N) is 1.